The summed E-state index contributed by atoms with van der Waals surface area (Å²) < 4.78 is 6.45. The SMILES string of the molecule is CC1(C)C2=CC3C=CC=CC3C(N(c3ccc(-c4ccccc4)cc3)c3ccc4c(c3)oc3ccccc34)=C2c2ccccc21. The maximum Gasteiger partial charge on any atom is 0.137 e. The average Bonchev–Trinajstić information content (AvgIpc) is 3.57. The fraction of sp³-hybridized carbons (Fsp3) is 0.116. The van der Waals surface area contributed by atoms with Gasteiger partial charge in [-0.3, -0.25) is 0 Å². The first-order valence-corrected chi connectivity index (χ1v) is 15.9. The molecule has 0 N–H and O–H groups in total. The highest BCUT2D eigenvalue weighted by molar-refractivity contribution is 6.06. The highest BCUT2D eigenvalue weighted by Crippen LogP contribution is 2.57. The van der Waals surface area contributed by atoms with Gasteiger partial charge in [0.2, 0.25) is 0 Å². The molecule has 9 rings (SSSR count). The molecule has 0 saturated carbocycles. The molecule has 0 aliphatic heterocycles. The lowest BCUT2D eigenvalue weighted by Crippen LogP contribution is -2.31. The lowest BCUT2D eigenvalue weighted by molar-refractivity contribution is 0.583. The smallest absolute Gasteiger partial charge is 0.137 e. The van der Waals surface area contributed by atoms with Gasteiger partial charge in [-0.25, -0.2) is 0 Å². The Kier molecular flexibility index (Phi) is 5.70. The van der Waals surface area contributed by atoms with Crippen molar-refractivity contribution in [2.45, 2.75) is 19.3 Å². The summed E-state index contributed by atoms with van der Waals surface area (Å²) in [6.07, 6.45) is 11.7. The van der Waals surface area contributed by atoms with Crippen LogP contribution in [-0.2, 0) is 5.41 Å². The van der Waals surface area contributed by atoms with Crippen LogP contribution in [0.15, 0.2) is 167 Å². The van der Waals surface area contributed by atoms with Crippen molar-refractivity contribution in [1.82, 2.24) is 0 Å². The number of anilines is 2. The van der Waals surface area contributed by atoms with Crippen LogP contribution in [0.2, 0.25) is 0 Å². The summed E-state index contributed by atoms with van der Waals surface area (Å²) in [7, 11) is 0. The van der Waals surface area contributed by atoms with Gasteiger partial charge in [0.25, 0.3) is 0 Å². The lowest BCUT2D eigenvalue weighted by atomic mass is 9.72. The van der Waals surface area contributed by atoms with Gasteiger partial charge in [-0.15, -0.1) is 0 Å². The number of benzene rings is 5. The zero-order valence-corrected chi connectivity index (χ0v) is 25.4. The van der Waals surface area contributed by atoms with Crippen molar-refractivity contribution >= 4 is 38.9 Å². The Morgan fingerprint density at radius 3 is 2.18 bits per heavy atom. The second-order valence-corrected chi connectivity index (χ2v) is 12.9. The van der Waals surface area contributed by atoms with Gasteiger partial charge >= 0.3 is 0 Å². The molecule has 5 aromatic carbocycles. The molecule has 1 aromatic heterocycles. The highest BCUT2D eigenvalue weighted by atomic mass is 16.3. The monoisotopic (exact) mass is 579 g/mol. The molecule has 2 unspecified atom stereocenters. The minimum atomic E-state index is -0.0946. The largest absolute Gasteiger partial charge is 0.456 e. The number of fused-ring (bicyclic) bond motifs is 7. The van der Waals surface area contributed by atoms with Crippen LogP contribution < -0.4 is 4.90 Å². The van der Waals surface area contributed by atoms with Crippen molar-refractivity contribution in [3.8, 4) is 11.1 Å². The predicted molar refractivity (Wildman–Crippen MR) is 187 cm³/mol. The summed E-state index contributed by atoms with van der Waals surface area (Å²) in [4.78, 5) is 2.50. The Balaban J connectivity index is 1.32. The molecule has 0 radical (unpaired) electrons. The second-order valence-electron chi connectivity index (χ2n) is 12.9. The number of rotatable bonds is 4. The van der Waals surface area contributed by atoms with E-state index in [-0.39, 0.29) is 17.3 Å². The van der Waals surface area contributed by atoms with Crippen molar-refractivity contribution in [2.24, 2.45) is 11.8 Å². The second kappa shape index (κ2) is 9.84. The lowest BCUT2D eigenvalue weighted by Gasteiger charge is -2.40. The number of allylic oxidation sites excluding steroid dienone is 7. The zero-order chi connectivity index (χ0) is 30.1. The Bertz CT molecular complexity index is 2240. The van der Waals surface area contributed by atoms with Crippen molar-refractivity contribution in [1.29, 1.82) is 0 Å². The first-order valence-electron chi connectivity index (χ1n) is 15.9. The zero-order valence-electron chi connectivity index (χ0n) is 25.4. The highest BCUT2D eigenvalue weighted by Gasteiger charge is 2.45. The Hall–Kier alpha value is -5.34. The average molecular weight is 580 g/mol. The van der Waals surface area contributed by atoms with Gasteiger partial charge in [0.1, 0.15) is 11.2 Å². The van der Waals surface area contributed by atoms with Gasteiger partial charge in [0.15, 0.2) is 0 Å². The quantitative estimate of drug-likeness (QED) is 0.207. The Labute approximate surface area is 263 Å². The standard InChI is InChI=1S/C43H33NO/c1-43(2)37-18-10-8-17-36(37)41-38(43)26-30-14-6-7-15-33(30)42(41)44(31-22-20-29(21-23-31)28-12-4-3-5-13-28)32-24-25-35-34-16-9-11-19-39(34)45-40(35)27-32/h3-27,30,33H,1-2H3. The molecule has 2 atom stereocenters. The molecule has 3 aliphatic carbocycles. The molecule has 6 aromatic rings. The summed E-state index contributed by atoms with van der Waals surface area (Å²) in [5, 5.41) is 2.29. The van der Waals surface area contributed by atoms with Crippen molar-refractivity contribution in [3.63, 3.8) is 0 Å². The minimum Gasteiger partial charge on any atom is -0.456 e. The summed E-state index contributed by atoms with van der Waals surface area (Å²) in [5.41, 5.74) is 13.2. The molecule has 3 aliphatic rings. The van der Waals surface area contributed by atoms with Gasteiger partial charge in [-0.2, -0.15) is 0 Å². The van der Waals surface area contributed by atoms with Gasteiger partial charge in [0.05, 0.1) is 0 Å². The maximum atomic E-state index is 6.45. The van der Waals surface area contributed by atoms with Crippen LogP contribution in [0.25, 0.3) is 38.6 Å². The van der Waals surface area contributed by atoms with E-state index in [1.54, 1.807) is 0 Å². The van der Waals surface area contributed by atoms with Crippen LogP contribution in [0.4, 0.5) is 11.4 Å². The normalized spacial score (nSPS) is 19.4. The van der Waals surface area contributed by atoms with Crippen molar-refractivity contribution in [2.75, 3.05) is 4.90 Å². The number of nitrogens with zero attached hydrogens (tertiary/aromatic N) is 1. The number of furan rings is 1. The van der Waals surface area contributed by atoms with Gasteiger partial charge in [-0.1, -0.05) is 129 Å². The van der Waals surface area contributed by atoms with Crippen LogP contribution >= 0.6 is 0 Å². The molecule has 0 bridgehead atoms. The summed E-state index contributed by atoms with van der Waals surface area (Å²) >= 11 is 0. The molecule has 0 spiro atoms. The predicted octanol–water partition coefficient (Wildman–Crippen LogP) is 11.4. The molecule has 0 fully saturated rings. The molecule has 2 nitrogen and oxygen atoms in total. The molecule has 0 saturated heterocycles. The summed E-state index contributed by atoms with van der Waals surface area (Å²) in [6, 6.07) is 43.7. The third-order valence-corrected chi connectivity index (χ3v) is 10.0. The third kappa shape index (κ3) is 3.95. The van der Waals surface area contributed by atoms with E-state index in [2.05, 4.69) is 164 Å². The molecule has 216 valence electrons. The maximum absolute atomic E-state index is 6.45. The fourth-order valence-corrected chi connectivity index (χ4v) is 7.81. The molecule has 45 heavy (non-hydrogen) atoms. The number of hydrogen-bond donors (Lipinski definition) is 0. The first kappa shape index (κ1) is 26.1. The number of para-hydroxylation sites is 1. The topological polar surface area (TPSA) is 16.4 Å². The summed E-state index contributed by atoms with van der Waals surface area (Å²) in [5.74, 6) is 0.467. The molecule has 1 heterocycles. The van der Waals surface area contributed by atoms with E-state index in [1.165, 1.54) is 39.1 Å². The van der Waals surface area contributed by atoms with Gasteiger partial charge < -0.3 is 9.32 Å². The number of hydrogen-bond acceptors (Lipinski definition) is 2. The van der Waals surface area contributed by atoms with Crippen molar-refractivity contribution in [3.05, 3.63) is 174 Å². The molecular formula is C43H33NO. The van der Waals surface area contributed by atoms with Gasteiger partial charge in [-0.05, 0) is 58.2 Å². The van der Waals surface area contributed by atoms with E-state index in [0.29, 0.717) is 0 Å². The molecule has 0 amide bonds. The third-order valence-electron chi connectivity index (χ3n) is 10.0. The van der Waals surface area contributed by atoms with Crippen LogP contribution in [-0.4, -0.2) is 0 Å². The minimum absolute atomic E-state index is 0.0946. The Morgan fingerprint density at radius 2 is 1.31 bits per heavy atom. The van der Waals surface area contributed by atoms with E-state index < -0.39 is 0 Å². The van der Waals surface area contributed by atoms with Crippen LogP contribution in [0, 0.1) is 11.8 Å². The molecular weight excluding hydrogens is 546 g/mol. The van der Waals surface area contributed by atoms with Crippen molar-refractivity contribution < 1.29 is 4.42 Å². The fourth-order valence-electron chi connectivity index (χ4n) is 7.81. The van der Waals surface area contributed by atoms with E-state index in [9.17, 15) is 0 Å². The van der Waals surface area contributed by atoms with E-state index in [0.717, 1.165) is 33.3 Å². The molecule has 2 heteroatoms. The summed E-state index contributed by atoms with van der Waals surface area (Å²) in [6.45, 7) is 4.76. The van der Waals surface area contributed by atoms with Gasteiger partial charge in [0, 0.05) is 56.7 Å². The van der Waals surface area contributed by atoms with E-state index in [1.807, 2.05) is 6.07 Å². The van der Waals surface area contributed by atoms with Crippen LogP contribution in [0.3, 0.4) is 0 Å². The first-order chi connectivity index (χ1) is 22.1. The van der Waals surface area contributed by atoms with E-state index in [4.69, 9.17) is 4.42 Å². The Morgan fingerprint density at radius 1 is 0.622 bits per heavy atom. The van der Waals surface area contributed by atoms with Crippen LogP contribution in [0.5, 0.6) is 0 Å². The van der Waals surface area contributed by atoms with E-state index >= 15 is 0 Å². The van der Waals surface area contributed by atoms with Crippen LogP contribution in [0.1, 0.15) is 25.0 Å².